The van der Waals surface area contributed by atoms with Crippen LogP contribution in [0.1, 0.15) is 27.4 Å². The van der Waals surface area contributed by atoms with E-state index in [-0.39, 0.29) is 18.8 Å². The number of esters is 1. The normalized spacial score (nSPS) is 10.6. The molecule has 2 aromatic heterocycles. The number of hydrogen-bond acceptors (Lipinski definition) is 5. The number of benzene rings is 1. The molecule has 3 rings (SSSR count). The fourth-order valence-corrected chi connectivity index (χ4v) is 3.84. The first-order chi connectivity index (χ1) is 13.5. The van der Waals surface area contributed by atoms with Crippen LogP contribution >= 0.6 is 11.3 Å². The summed E-state index contributed by atoms with van der Waals surface area (Å²) in [6, 6.07) is 11.6. The maximum absolute atomic E-state index is 12.5. The van der Waals surface area contributed by atoms with Crippen LogP contribution < -0.4 is 0 Å². The van der Waals surface area contributed by atoms with Gasteiger partial charge in [0.15, 0.2) is 6.61 Å². The molecule has 0 aliphatic rings. The molecule has 5 nitrogen and oxygen atoms in total. The molecule has 0 fully saturated rings. The molecule has 0 aliphatic carbocycles. The molecule has 0 unspecified atom stereocenters. The van der Waals surface area contributed by atoms with Crippen LogP contribution in [0.25, 0.3) is 10.6 Å². The number of thiazole rings is 1. The van der Waals surface area contributed by atoms with Gasteiger partial charge in [0, 0.05) is 34.4 Å². The van der Waals surface area contributed by atoms with E-state index in [9.17, 15) is 9.59 Å². The van der Waals surface area contributed by atoms with Crippen molar-refractivity contribution in [2.45, 2.75) is 26.8 Å². The summed E-state index contributed by atoms with van der Waals surface area (Å²) >= 11 is 1.48. The van der Waals surface area contributed by atoms with Gasteiger partial charge in [0.05, 0.1) is 12.1 Å². The highest BCUT2D eigenvalue weighted by atomic mass is 32.1. The number of aromatic nitrogens is 2. The molecule has 0 amide bonds. The van der Waals surface area contributed by atoms with Gasteiger partial charge in [-0.05, 0) is 19.9 Å². The molecule has 3 aromatic rings. The van der Waals surface area contributed by atoms with Gasteiger partial charge in [-0.15, -0.1) is 17.9 Å². The van der Waals surface area contributed by atoms with Gasteiger partial charge < -0.3 is 9.30 Å². The molecular formula is C22H22N2O3S. The first-order valence-electron chi connectivity index (χ1n) is 8.96. The Morgan fingerprint density at radius 1 is 1.25 bits per heavy atom. The van der Waals surface area contributed by atoms with Crippen LogP contribution in [0.3, 0.4) is 0 Å². The Balaban J connectivity index is 1.58. The molecule has 144 valence electrons. The fourth-order valence-electron chi connectivity index (χ4n) is 3.02. The Morgan fingerprint density at radius 2 is 2.00 bits per heavy atom. The largest absolute Gasteiger partial charge is 0.457 e. The van der Waals surface area contributed by atoms with E-state index in [0.29, 0.717) is 17.8 Å². The summed E-state index contributed by atoms with van der Waals surface area (Å²) in [7, 11) is 0. The lowest BCUT2D eigenvalue weighted by molar-refractivity contribution is -0.141. The van der Waals surface area contributed by atoms with Crippen molar-refractivity contribution in [1.29, 1.82) is 0 Å². The highest BCUT2D eigenvalue weighted by Gasteiger charge is 2.17. The Hall–Kier alpha value is -2.99. The van der Waals surface area contributed by atoms with E-state index in [1.807, 2.05) is 60.2 Å². The van der Waals surface area contributed by atoms with E-state index in [0.717, 1.165) is 22.0 Å². The van der Waals surface area contributed by atoms with Crippen LogP contribution in [0.15, 0.2) is 54.4 Å². The number of nitrogens with zero attached hydrogens (tertiary/aromatic N) is 2. The monoisotopic (exact) mass is 394 g/mol. The number of carbonyl (C=O) groups excluding carboxylic acids is 2. The van der Waals surface area contributed by atoms with Gasteiger partial charge in [-0.3, -0.25) is 9.59 Å². The number of Topliss-reactive ketones (excluding diaryl/α,β-unsaturated/α-hetero) is 1. The van der Waals surface area contributed by atoms with Crippen molar-refractivity contribution >= 4 is 23.1 Å². The van der Waals surface area contributed by atoms with Gasteiger partial charge in [-0.25, -0.2) is 4.98 Å². The number of hydrogen-bond donors (Lipinski definition) is 0. The van der Waals surface area contributed by atoms with E-state index < -0.39 is 5.97 Å². The SMILES string of the molecule is C=CCn1c(C)cc(C(=O)COC(=O)Cc2csc(-c3ccccc3)n2)c1C. The molecule has 6 heteroatoms. The van der Waals surface area contributed by atoms with E-state index in [4.69, 9.17) is 4.74 Å². The van der Waals surface area contributed by atoms with E-state index in [1.165, 1.54) is 11.3 Å². The molecule has 0 atom stereocenters. The lowest BCUT2D eigenvalue weighted by Crippen LogP contribution is -2.16. The predicted molar refractivity (Wildman–Crippen MR) is 111 cm³/mol. The van der Waals surface area contributed by atoms with E-state index in [2.05, 4.69) is 11.6 Å². The Kier molecular flexibility index (Phi) is 6.21. The zero-order chi connectivity index (χ0) is 20.1. The summed E-state index contributed by atoms with van der Waals surface area (Å²) in [5.41, 5.74) is 4.06. The minimum atomic E-state index is -0.460. The molecule has 0 N–H and O–H groups in total. The molecule has 1 aromatic carbocycles. The van der Waals surface area contributed by atoms with Crippen LogP contribution in [0, 0.1) is 13.8 Å². The zero-order valence-electron chi connectivity index (χ0n) is 16.0. The van der Waals surface area contributed by atoms with Gasteiger partial charge in [-0.2, -0.15) is 0 Å². The molecule has 0 bridgehead atoms. The smallest absolute Gasteiger partial charge is 0.312 e. The lowest BCUT2D eigenvalue weighted by Gasteiger charge is -2.06. The second-order valence-electron chi connectivity index (χ2n) is 6.45. The Labute approximate surface area is 168 Å². The summed E-state index contributed by atoms with van der Waals surface area (Å²) in [5, 5.41) is 2.70. The van der Waals surface area contributed by atoms with Crippen molar-refractivity contribution in [3.63, 3.8) is 0 Å². The van der Waals surface area contributed by atoms with Gasteiger partial charge >= 0.3 is 5.97 Å². The minimum Gasteiger partial charge on any atom is -0.457 e. The van der Waals surface area contributed by atoms with Gasteiger partial charge in [-0.1, -0.05) is 36.4 Å². The minimum absolute atomic E-state index is 0.0477. The molecule has 2 heterocycles. The van der Waals surface area contributed by atoms with E-state index >= 15 is 0 Å². The van der Waals surface area contributed by atoms with Crippen LogP contribution in [0.4, 0.5) is 0 Å². The van der Waals surface area contributed by atoms with E-state index in [1.54, 1.807) is 6.08 Å². The van der Waals surface area contributed by atoms with Crippen LogP contribution in [0.5, 0.6) is 0 Å². The summed E-state index contributed by atoms with van der Waals surface area (Å²) in [6.07, 6.45) is 1.83. The van der Waals surface area contributed by atoms with Crippen LogP contribution in [-0.4, -0.2) is 27.9 Å². The highest BCUT2D eigenvalue weighted by molar-refractivity contribution is 7.13. The first-order valence-corrected chi connectivity index (χ1v) is 9.84. The van der Waals surface area contributed by atoms with Crippen molar-refractivity contribution < 1.29 is 14.3 Å². The average molecular weight is 394 g/mol. The second-order valence-corrected chi connectivity index (χ2v) is 7.31. The number of aryl methyl sites for hydroxylation is 1. The number of ketones is 1. The number of allylic oxidation sites excluding steroid dienone is 1. The third-order valence-electron chi connectivity index (χ3n) is 4.45. The maximum atomic E-state index is 12.5. The quantitative estimate of drug-likeness (QED) is 0.323. The average Bonchev–Trinajstić information content (AvgIpc) is 3.27. The van der Waals surface area contributed by atoms with Gasteiger partial charge in [0.1, 0.15) is 5.01 Å². The predicted octanol–water partition coefficient (Wildman–Crippen LogP) is 4.38. The Morgan fingerprint density at radius 3 is 2.71 bits per heavy atom. The summed E-state index contributed by atoms with van der Waals surface area (Å²) in [6.45, 7) is 7.92. The molecule has 0 aliphatic heterocycles. The van der Waals surface area contributed by atoms with Crippen molar-refractivity contribution in [2.75, 3.05) is 6.61 Å². The number of ether oxygens (including phenoxy) is 1. The summed E-state index contributed by atoms with van der Waals surface area (Å²) in [5.74, 6) is -0.668. The van der Waals surface area contributed by atoms with Crippen molar-refractivity contribution in [2.24, 2.45) is 0 Å². The van der Waals surface area contributed by atoms with Gasteiger partial charge in [0.25, 0.3) is 0 Å². The molecule has 0 spiro atoms. The van der Waals surface area contributed by atoms with Crippen LogP contribution in [-0.2, 0) is 22.5 Å². The van der Waals surface area contributed by atoms with Gasteiger partial charge in [0.2, 0.25) is 5.78 Å². The summed E-state index contributed by atoms with van der Waals surface area (Å²) < 4.78 is 7.19. The highest BCUT2D eigenvalue weighted by Crippen LogP contribution is 2.23. The topological polar surface area (TPSA) is 61.2 Å². The molecular weight excluding hydrogens is 372 g/mol. The molecule has 0 saturated carbocycles. The number of rotatable bonds is 8. The standard InChI is InChI=1S/C22H22N2O3S/c1-4-10-24-15(2)11-19(16(24)3)20(25)13-27-21(26)12-18-14-28-22(23-18)17-8-6-5-7-9-17/h4-9,11,14H,1,10,12-13H2,2-3H3. The third kappa shape index (κ3) is 4.46. The first kappa shape index (κ1) is 19.8. The Bertz CT molecular complexity index is 1000. The fraction of sp³-hybridized carbons (Fsp3) is 0.227. The van der Waals surface area contributed by atoms with Crippen molar-refractivity contribution in [3.05, 3.63) is 77.1 Å². The lowest BCUT2D eigenvalue weighted by atomic mass is 10.1. The molecule has 28 heavy (non-hydrogen) atoms. The third-order valence-corrected chi connectivity index (χ3v) is 5.39. The zero-order valence-corrected chi connectivity index (χ0v) is 16.8. The van der Waals surface area contributed by atoms with Crippen LogP contribution in [0.2, 0.25) is 0 Å². The van der Waals surface area contributed by atoms with Crippen molar-refractivity contribution in [3.8, 4) is 10.6 Å². The summed E-state index contributed by atoms with van der Waals surface area (Å²) in [4.78, 5) is 29.1. The molecule has 0 radical (unpaired) electrons. The maximum Gasteiger partial charge on any atom is 0.312 e. The second kappa shape index (κ2) is 8.80. The number of carbonyl (C=O) groups is 2. The van der Waals surface area contributed by atoms with Crippen molar-refractivity contribution in [1.82, 2.24) is 9.55 Å². The molecule has 0 saturated heterocycles.